The first-order valence-electron chi connectivity index (χ1n) is 6.18. The van der Waals surface area contributed by atoms with Crippen LogP contribution in [0.3, 0.4) is 0 Å². The third-order valence-corrected chi connectivity index (χ3v) is 3.26. The molecule has 1 rings (SSSR count). The van der Waals surface area contributed by atoms with Gasteiger partial charge in [0, 0.05) is 7.47 Å². The number of hydrogen-bond donors (Lipinski definition) is 1. The number of nitrogens with one attached hydrogen (secondary N) is 1. The van der Waals surface area contributed by atoms with Crippen LogP contribution in [-0.4, -0.2) is 37.1 Å². The molecule has 0 bridgehead atoms. The van der Waals surface area contributed by atoms with E-state index >= 15 is 0 Å². The molecule has 0 aromatic carbocycles. The lowest BCUT2D eigenvalue weighted by molar-refractivity contribution is 0.186. The summed E-state index contributed by atoms with van der Waals surface area (Å²) in [5.41, 5.74) is 0. The Morgan fingerprint density at radius 3 is 2.40 bits per heavy atom. The van der Waals surface area contributed by atoms with E-state index in [0.29, 0.717) is 6.04 Å². The van der Waals surface area contributed by atoms with Crippen LogP contribution in [-0.2, 0) is 0 Å². The number of nitrogens with zero attached hydrogens (tertiary/aromatic N) is 1. The van der Waals surface area contributed by atoms with Crippen LogP contribution in [0.5, 0.6) is 0 Å². The van der Waals surface area contributed by atoms with Gasteiger partial charge in [-0.05, 0) is 51.4 Å². The van der Waals surface area contributed by atoms with E-state index in [0.717, 1.165) is 5.92 Å². The average molecular weight is 234 g/mol. The first-order valence-corrected chi connectivity index (χ1v) is 6.18. The molecule has 1 heterocycles. The lowest BCUT2D eigenvalue weighted by atomic mass is 9.93. The molecule has 15 heavy (non-hydrogen) atoms. The Kier molecular flexibility index (Phi) is 8.58. The Morgan fingerprint density at radius 2 is 1.93 bits per heavy atom. The summed E-state index contributed by atoms with van der Waals surface area (Å²) in [5, 5.41) is 3.50. The first-order chi connectivity index (χ1) is 6.72. The quantitative estimate of drug-likeness (QED) is 0.786. The summed E-state index contributed by atoms with van der Waals surface area (Å²) in [6.45, 7) is 11.8. The van der Waals surface area contributed by atoms with Crippen molar-refractivity contribution in [2.75, 3.05) is 26.2 Å². The predicted octanol–water partition coefficient (Wildman–Crippen LogP) is 2.47. The molecule has 0 amide bonds. The summed E-state index contributed by atoms with van der Waals surface area (Å²) < 4.78 is 0. The minimum absolute atomic E-state index is 0. The highest BCUT2D eigenvalue weighted by Crippen LogP contribution is 2.19. The zero-order valence-corrected chi connectivity index (χ0v) is 11.6. The van der Waals surface area contributed by atoms with Crippen LogP contribution in [0.15, 0.2) is 0 Å². The fraction of sp³-hybridized carbons (Fsp3) is 1.00. The molecule has 0 radical (unpaired) electrons. The van der Waals surface area contributed by atoms with Gasteiger partial charge in [0.15, 0.2) is 0 Å². The van der Waals surface area contributed by atoms with Crippen molar-refractivity contribution in [3.8, 4) is 0 Å². The molecule has 2 nitrogen and oxygen atoms in total. The summed E-state index contributed by atoms with van der Waals surface area (Å²) in [7, 11) is 0. The lowest BCUT2D eigenvalue weighted by Gasteiger charge is -2.31. The Morgan fingerprint density at radius 1 is 1.33 bits per heavy atom. The molecular formula is C12H30N2S. The Labute approximate surface area is 104 Å². The monoisotopic (exact) mass is 234 g/mol. The SMILES string of the molecule is CCN1CCC(CCNC(C)C)CC1.S.[HH]. The molecule has 0 saturated carbocycles. The predicted molar refractivity (Wildman–Crippen MR) is 75.1 cm³/mol. The zero-order chi connectivity index (χ0) is 10.4. The van der Waals surface area contributed by atoms with Crippen LogP contribution in [0, 0.1) is 5.92 Å². The smallest absolute Gasteiger partial charge is 0.00103 e. The molecule has 0 spiro atoms. The highest BCUT2D eigenvalue weighted by molar-refractivity contribution is 7.59. The van der Waals surface area contributed by atoms with Gasteiger partial charge in [0.05, 0.1) is 0 Å². The summed E-state index contributed by atoms with van der Waals surface area (Å²) >= 11 is 0. The third kappa shape index (κ3) is 6.44. The van der Waals surface area contributed by atoms with E-state index in [-0.39, 0.29) is 14.9 Å². The van der Waals surface area contributed by atoms with Gasteiger partial charge in [-0.2, -0.15) is 13.5 Å². The second-order valence-electron chi connectivity index (χ2n) is 4.78. The van der Waals surface area contributed by atoms with E-state index in [1.165, 1.54) is 45.4 Å². The van der Waals surface area contributed by atoms with E-state index in [4.69, 9.17) is 0 Å². The van der Waals surface area contributed by atoms with E-state index < -0.39 is 0 Å². The van der Waals surface area contributed by atoms with Gasteiger partial charge in [0.25, 0.3) is 0 Å². The Balaban J connectivity index is 0. The molecule has 0 aromatic rings. The van der Waals surface area contributed by atoms with Crippen LogP contribution < -0.4 is 5.32 Å². The van der Waals surface area contributed by atoms with Gasteiger partial charge in [-0.25, -0.2) is 0 Å². The Bertz CT molecular complexity index is 148. The van der Waals surface area contributed by atoms with Crippen LogP contribution in [0.2, 0.25) is 0 Å². The molecule has 1 aliphatic rings. The van der Waals surface area contributed by atoms with Crippen molar-refractivity contribution in [3.05, 3.63) is 0 Å². The maximum atomic E-state index is 3.50. The highest BCUT2D eigenvalue weighted by Gasteiger charge is 2.17. The number of piperidine rings is 1. The van der Waals surface area contributed by atoms with Gasteiger partial charge < -0.3 is 10.2 Å². The van der Waals surface area contributed by atoms with Crippen molar-refractivity contribution in [3.63, 3.8) is 0 Å². The molecule has 3 heteroatoms. The van der Waals surface area contributed by atoms with E-state index in [2.05, 4.69) is 31.0 Å². The summed E-state index contributed by atoms with van der Waals surface area (Å²) in [5.74, 6) is 0.976. The van der Waals surface area contributed by atoms with Gasteiger partial charge in [-0.3, -0.25) is 0 Å². The normalized spacial score (nSPS) is 19.2. The molecule has 1 saturated heterocycles. The maximum absolute atomic E-state index is 3.50. The second kappa shape index (κ2) is 8.43. The van der Waals surface area contributed by atoms with Crippen molar-refractivity contribution in [2.24, 2.45) is 5.92 Å². The van der Waals surface area contributed by atoms with Crippen LogP contribution in [0.4, 0.5) is 0 Å². The molecule has 94 valence electrons. The largest absolute Gasteiger partial charge is 0.315 e. The lowest BCUT2D eigenvalue weighted by Crippen LogP contribution is -2.35. The van der Waals surface area contributed by atoms with Crippen LogP contribution in [0.25, 0.3) is 0 Å². The number of likely N-dealkylation sites (tertiary alicyclic amines) is 1. The van der Waals surface area contributed by atoms with Crippen molar-refractivity contribution >= 4 is 13.5 Å². The van der Waals surface area contributed by atoms with Gasteiger partial charge >= 0.3 is 0 Å². The summed E-state index contributed by atoms with van der Waals surface area (Å²) in [4.78, 5) is 2.56. The van der Waals surface area contributed by atoms with Crippen LogP contribution >= 0.6 is 13.5 Å². The molecule has 0 atom stereocenters. The van der Waals surface area contributed by atoms with Crippen LogP contribution in [0.1, 0.15) is 41.5 Å². The standard InChI is InChI=1S/C12H26N2.H2S.H2/c1-4-14-9-6-12(7-10-14)5-8-13-11(2)3;;/h11-13H,4-10H2,1-3H3;1H2;1H. The summed E-state index contributed by atoms with van der Waals surface area (Å²) in [6.07, 6.45) is 4.19. The highest BCUT2D eigenvalue weighted by atomic mass is 32.1. The van der Waals surface area contributed by atoms with Gasteiger partial charge in [-0.15, -0.1) is 0 Å². The molecule has 0 aromatic heterocycles. The first kappa shape index (κ1) is 15.3. The van der Waals surface area contributed by atoms with Crippen molar-refractivity contribution < 1.29 is 1.43 Å². The second-order valence-corrected chi connectivity index (χ2v) is 4.78. The van der Waals surface area contributed by atoms with Gasteiger partial charge in [-0.1, -0.05) is 20.8 Å². The minimum atomic E-state index is 0. The molecule has 1 aliphatic heterocycles. The minimum Gasteiger partial charge on any atom is -0.315 e. The molecule has 1 fully saturated rings. The maximum Gasteiger partial charge on any atom is 0.00103 e. The molecule has 0 aliphatic carbocycles. The topological polar surface area (TPSA) is 15.3 Å². The van der Waals surface area contributed by atoms with E-state index in [1.807, 2.05) is 0 Å². The number of rotatable bonds is 5. The molecule has 1 N–H and O–H groups in total. The average Bonchev–Trinajstić information content (AvgIpc) is 2.18. The van der Waals surface area contributed by atoms with E-state index in [9.17, 15) is 0 Å². The Hall–Kier alpha value is 0.270. The molecule has 0 unspecified atom stereocenters. The zero-order valence-electron chi connectivity index (χ0n) is 10.6. The van der Waals surface area contributed by atoms with Crippen molar-refractivity contribution in [1.29, 1.82) is 0 Å². The molecular weight excluding hydrogens is 204 g/mol. The third-order valence-electron chi connectivity index (χ3n) is 3.26. The fourth-order valence-corrected chi connectivity index (χ4v) is 2.17. The van der Waals surface area contributed by atoms with Crippen molar-refractivity contribution in [1.82, 2.24) is 10.2 Å². The summed E-state index contributed by atoms with van der Waals surface area (Å²) in [6, 6.07) is 0.644. The van der Waals surface area contributed by atoms with Crippen molar-refractivity contribution in [2.45, 2.75) is 46.1 Å². The van der Waals surface area contributed by atoms with E-state index in [1.54, 1.807) is 0 Å². The number of hydrogen-bond acceptors (Lipinski definition) is 2. The van der Waals surface area contributed by atoms with Gasteiger partial charge in [0.2, 0.25) is 0 Å². The fourth-order valence-electron chi connectivity index (χ4n) is 2.17. The van der Waals surface area contributed by atoms with Gasteiger partial charge in [0.1, 0.15) is 0 Å².